The lowest BCUT2D eigenvalue weighted by Crippen LogP contribution is -2.28. The molecule has 1 aromatic carbocycles. The molecule has 2 rings (SSSR count). The Bertz CT molecular complexity index is 489. The Labute approximate surface area is 120 Å². The van der Waals surface area contributed by atoms with E-state index in [9.17, 15) is 9.59 Å². The van der Waals surface area contributed by atoms with E-state index in [4.69, 9.17) is 0 Å². The van der Waals surface area contributed by atoms with Crippen LogP contribution in [0.1, 0.15) is 12.0 Å². The fourth-order valence-electron chi connectivity index (χ4n) is 2.27. The van der Waals surface area contributed by atoms with Gasteiger partial charge in [-0.2, -0.15) is 0 Å². The van der Waals surface area contributed by atoms with Crippen molar-refractivity contribution in [1.82, 2.24) is 4.90 Å². The Morgan fingerprint density at radius 1 is 1.47 bits per heavy atom. The van der Waals surface area contributed by atoms with Crippen LogP contribution < -0.4 is 0 Å². The van der Waals surface area contributed by atoms with Gasteiger partial charge in [0.1, 0.15) is 0 Å². The summed E-state index contributed by atoms with van der Waals surface area (Å²) in [5, 5.41) is 0. The average Bonchev–Trinajstić information content (AvgIpc) is 2.78. The molecule has 1 fully saturated rings. The number of amides is 1. The second-order valence-electron chi connectivity index (χ2n) is 4.61. The number of nitrogens with zero attached hydrogens (tertiary/aromatic N) is 1. The Morgan fingerprint density at radius 2 is 2.21 bits per heavy atom. The molecule has 4 nitrogen and oxygen atoms in total. The molecule has 19 heavy (non-hydrogen) atoms. The van der Waals surface area contributed by atoms with E-state index in [2.05, 4.69) is 20.7 Å². The SMILES string of the molecule is COC(=O)C1CC(=O)N(CCc2ccccc2Br)C1. The molecular weight excluding hydrogens is 310 g/mol. The molecule has 1 aliphatic rings. The van der Waals surface area contributed by atoms with Crippen molar-refractivity contribution in [2.75, 3.05) is 20.2 Å². The number of esters is 1. The molecule has 0 radical (unpaired) electrons. The quantitative estimate of drug-likeness (QED) is 0.795. The molecule has 1 saturated heterocycles. The zero-order valence-electron chi connectivity index (χ0n) is 10.8. The topological polar surface area (TPSA) is 46.6 Å². The van der Waals surface area contributed by atoms with Gasteiger partial charge in [-0.15, -0.1) is 0 Å². The Kier molecular flexibility index (Phi) is 4.58. The zero-order chi connectivity index (χ0) is 13.8. The molecule has 1 aromatic rings. The predicted molar refractivity (Wildman–Crippen MR) is 74.5 cm³/mol. The van der Waals surface area contributed by atoms with E-state index in [1.807, 2.05) is 24.3 Å². The summed E-state index contributed by atoms with van der Waals surface area (Å²) in [7, 11) is 1.36. The molecule has 0 spiro atoms. The minimum Gasteiger partial charge on any atom is -0.469 e. The third-order valence-corrected chi connectivity index (χ3v) is 4.13. The standard InChI is InChI=1S/C14H16BrNO3/c1-19-14(18)11-8-13(17)16(9-11)7-6-10-4-2-3-5-12(10)15/h2-5,11H,6-9H2,1H3. The van der Waals surface area contributed by atoms with Crippen LogP contribution in [0.5, 0.6) is 0 Å². The molecule has 1 heterocycles. The molecule has 0 bridgehead atoms. The lowest BCUT2D eigenvalue weighted by atomic mass is 10.1. The number of carbonyl (C=O) groups is 2. The third-order valence-electron chi connectivity index (χ3n) is 3.36. The van der Waals surface area contributed by atoms with Crippen molar-refractivity contribution in [1.29, 1.82) is 0 Å². The van der Waals surface area contributed by atoms with Gasteiger partial charge < -0.3 is 9.64 Å². The van der Waals surface area contributed by atoms with Crippen molar-refractivity contribution >= 4 is 27.8 Å². The lowest BCUT2D eigenvalue weighted by Gasteiger charge is -2.16. The Balaban J connectivity index is 1.92. The van der Waals surface area contributed by atoms with Gasteiger partial charge in [0.25, 0.3) is 0 Å². The second kappa shape index (κ2) is 6.19. The number of ether oxygens (including phenoxy) is 1. The third kappa shape index (κ3) is 3.35. The number of methoxy groups -OCH3 is 1. The summed E-state index contributed by atoms with van der Waals surface area (Å²) in [5.74, 6) is -0.573. The highest BCUT2D eigenvalue weighted by molar-refractivity contribution is 9.10. The fraction of sp³-hybridized carbons (Fsp3) is 0.429. The zero-order valence-corrected chi connectivity index (χ0v) is 12.4. The van der Waals surface area contributed by atoms with E-state index in [-0.39, 0.29) is 24.2 Å². The molecule has 0 aliphatic carbocycles. The van der Waals surface area contributed by atoms with Crippen molar-refractivity contribution in [3.8, 4) is 0 Å². The number of carbonyl (C=O) groups excluding carboxylic acids is 2. The van der Waals surface area contributed by atoms with Gasteiger partial charge in [0.2, 0.25) is 5.91 Å². The van der Waals surface area contributed by atoms with Crippen molar-refractivity contribution in [3.63, 3.8) is 0 Å². The number of likely N-dealkylation sites (tertiary alicyclic amines) is 1. The smallest absolute Gasteiger partial charge is 0.310 e. The molecule has 5 heteroatoms. The summed E-state index contributed by atoms with van der Waals surface area (Å²) < 4.78 is 5.73. The van der Waals surface area contributed by atoms with E-state index in [1.165, 1.54) is 7.11 Å². The maximum Gasteiger partial charge on any atom is 0.310 e. The van der Waals surface area contributed by atoms with Gasteiger partial charge in [-0.05, 0) is 18.1 Å². The van der Waals surface area contributed by atoms with E-state index in [1.54, 1.807) is 4.90 Å². The molecule has 1 atom stereocenters. The maximum atomic E-state index is 11.8. The van der Waals surface area contributed by atoms with Gasteiger partial charge >= 0.3 is 5.97 Å². The fourth-order valence-corrected chi connectivity index (χ4v) is 2.75. The van der Waals surface area contributed by atoms with Crippen LogP contribution in [0.4, 0.5) is 0 Å². The monoisotopic (exact) mass is 325 g/mol. The van der Waals surface area contributed by atoms with Crippen LogP contribution in [-0.2, 0) is 20.7 Å². The van der Waals surface area contributed by atoms with Gasteiger partial charge in [-0.3, -0.25) is 9.59 Å². The van der Waals surface area contributed by atoms with Gasteiger partial charge in [-0.1, -0.05) is 34.1 Å². The van der Waals surface area contributed by atoms with Gasteiger partial charge in [0.15, 0.2) is 0 Å². The first kappa shape index (κ1) is 14.1. The van der Waals surface area contributed by atoms with Crippen LogP contribution in [0, 0.1) is 5.92 Å². The average molecular weight is 326 g/mol. The summed E-state index contributed by atoms with van der Waals surface area (Å²) in [5.41, 5.74) is 1.16. The van der Waals surface area contributed by atoms with Crippen molar-refractivity contribution < 1.29 is 14.3 Å². The molecule has 0 saturated carbocycles. The molecule has 0 N–H and O–H groups in total. The van der Waals surface area contributed by atoms with Crippen LogP contribution in [0.2, 0.25) is 0 Å². The number of halogens is 1. The summed E-state index contributed by atoms with van der Waals surface area (Å²) in [6.07, 6.45) is 1.05. The first-order valence-corrected chi connectivity index (χ1v) is 7.00. The van der Waals surface area contributed by atoms with Crippen LogP contribution in [0.25, 0.3) is 0 Å². The first-order valence-electron chi connectivity index (χ1n) is 6.21. The number of hydrogen-bond donors (Lipinski definition) is 0. The highest BCUT2D eigenvalue weighted by Gasteiger charge is 2.34. The van der Waals surface area contributed by atoms with Gasteiger partial charge in [-0.25, -0.2) is 0 Å². The minimum atomic E-state index is -0.309. The molecule has 1 amide bonds. The minimum absolute atomic E-state index is 0.0300. The lowest BCUT2D eigenvalue weighted by molar-refractivity contribution is -0.145. The number of rotatable bonds is 4. The summed E-state index contributed by atoms with van der Waals surface area (Å²) in [4.78, 5) is 25.0. The first-order chi connectivity index (χ1) is 9.11. The van der Waals surface area contributed by atoms with Crippen molar-refractivity contribution in [3.05, 3.63) is 34.3 Å². The van der Waals surface area contributed by atoms with Crippen LogP contribution in [-0.4, -0.2) is 37.0 Å². The number of benzene rings is 1. The summed E-state index contributed by atoms with van der Waals surface area (Å²) in [6.45, 7) is 1.10. The Hall–Kier alpha value is -1.36. The van der Waals surface area contributed by atoms with Gasteiger partial charge in [0, 0.05) is 24.0 Å². The van der Waals surface area contributed by atoms with Crippen molar-refractivity contribution in [2.24, 2.45) is 5.92 Å². The second-order valence-corrected chi connectivity index (χ2v) is 5.46. The summed E-state index contributed by atoms with van der Waals surface area (Å²) in [6, 6.07) is 7.95. The largest absolute Gasteiger partial charge is 0.469 e. The van der Waals surface area contributed by atoms with E-state index in [0.717, 1.165) is 16.5 Å². The number of hydrogen-bond acceptors (Lipinski definition) is 3. The molecule has 0 aromatic heterocycles. The summed E-state index contributed by atoms with van der Waals surface area (Å²) >= 11 is 3.49. The molecule has 102 valence electrons. The van der Waals surface area contributed by atoms with E-state index < -0.39 is 0 Å². The molecule has 1 aliphatic heterocycles. The van der Waals surface area contributed by atoms with E-state index >= 15 is 0 Å². The van der Waals surface area contributed by atoms with Crippen LogP contribution in [0.3, 0.4) is 0 Å². The van der Waals surface area contributed by atoms with Gasteiger partial charge in [0.05, 0.1) is 13.0 Å². The van der Waals surface area contributed by atoms with Crippen molar-refractivity contribution in [2.45, 2.75) is 12.8 Å². The normalized spacial score (nSPS) is 18.7. The molecular formula is C14H16BrNO3. The van der Waals surface area contributed by atoms with Crippen LogP contribution >= 0.6 is 15.9 Å². The highest BCUT2D eigenvalue weighted by atomic mass is 79.9. The maximum absolute atomic E-state index is 11.8. The predicted octanol–water partition coefficient (Wildman–Crippen LogP) is 2.01. The van der Waals surface area contributed by atoms with E-state index in [0.29, 0.717) is 13.1 Å². The van der Waals surface area contributed by atoms with Crippen LogP contribution in [0.15, 0.2) is 28.7 Å². The molecule has 1 unspecified atom stereocenters. The Morgan fingerprint density at radius 3 is 2.89 bits per heavy atom. The highest BCUT2D eigenvalue weighted by Crippen LogP contribution is 2.21.